The van der Waals surface area contributed by atoms with E-state index in [-0.39, 0.29) is 5.52 Å². The van der Waals surface area contributed by atoms with E-state index in [0.29, 0.717) is 11.1 Å². The normalized spacial score (nSPS) is 10.8. The Kier molecular flexibility index (Phi) is 9.66. The van der Waals surface area contributed by atoms with Gasteiger partial charge in [0.05, 0.1) is 22.6 Å². The SMILES string of the molecule is C#C/C=C(\C)c1cc(F)c2nnn(-c3ccc(NC=C)c(NC)c3)c2c1.CCCc1ccc(C)c(NC)c1. The second-order valence-electron chi connectivity index (χ2n) is 8.80. The minimum Gasteiger partial charge on any atom is -0.388 e. The molecule has 1 aromatic heterocycles. The maximum atomic E-state index is 14.5. The van der Waals surface area contributed by atoms with Crippen LogP contribution in [0.4, 0.5) is 21.5 Å². The Bertz CT molecular complexity index is 1490. The molecule has 0 aliphatic carbocycles. The fraction of sp³-hybridized carbons (Fsp3) is 0.226. The molecule has 1 heterocycles. The summed E-state index contributed by atoms with van der Waals surface area (Å²) in [7, 11) is 3.79. The number of benzene rings is 3. The van der Waals surface area contributed by atoms with Crippen LogP contribution in [0.15, 0.2) is 67.4 Å². The number of hydrogen-bond acceptors (Lipinski definition) is 5. The minimum absolute atomic E-state index is 0.210. The molecule has 0 amide bonds. The Morgan fingerprint density at radius 2 is 1.84 bits per heavy atom. The van der Waals surface area contributed by atoms with Gasteiger partial charge in [0.1, 0.15) is 5.52 Å². The summed E-state index contributed by atoms with van der Waals surface area (Å²) in [4.78, 5) is 0. The third-order valence-corrected chi connectivity index (χ3v) is 6.15. The third-order valence-electron chi connectivity index (χ3n) is 6.15. The lowest BCUT2D eigenvalue weighted by Crippen LogP contribution is -2.01. The van der Waals surface area contributed by atoms with E-state index < -0.39 is 5.82 Å². The molecule has 0 aliphatic heterocycles. The summed E-state index contributed by atoms with van der Waals surface area (Å²) in [6.45, 7) is 9.84. The number of aryl methyl sites for hydroxylation is 2. The minimum atomic E-state index is -0.438. The first-order valence-corrected chi connectivity index (χ1v) is 12.5. The van der Waals surface area contributed by atoms with Crippen molar-refractivity contribution >= 4 is 33.7 Å². The second-order valence-corrected chi connectivity index (χ2v) is 8.80. The van der Waals surface area contributed by atoms with Gasteiger partial charge in [0.15, 0.2) is 5.82 Å². The molecular formula is C31H35FN6. The van der Waals surface area contributed by atoms with Gasteiger partial charge in [-0.2, -0.15) is 0 Å². The summed E-state index contributed by atoms with van der Waals surface area (Å²) in [6, 6.07) is 15.5. The molecular weight excluding hydrogens is 475 g/mol. The molecule has 3 aromatic carbocycles. The van der Waals surface area contributed by atoms with E-state index in [4.69, 9.17) is 6.42 Å². The largest absolute Gasteiger partial charge is 0.388 e. The van der Waals surface area contributed by atoms with Gasteiger partial charge in [0.25, 0.3) is 0 Å². The highest BCUT2D eigenvalue weighted by atomic mass is 19.1. The summed E-state index contributed by atoms with van der Waals surface area (Å²) in [6.07, 6.45) is 10.9. The number of hydrogen-bond donors (Lipinski definition) is 3. The van der Waals surface area contributed by atoms with Crippen molar-refractivity contribution in [3.8, 4) is 18.0 Å². The van der Waals surface area contributed by atoms with E-state index in [0.717, 1.165) is 22.6 Å². The van der Waals surface area contributed by atoms with Crippen molar-refractivity contribution in [2.75, 3.05) is 30.0 Å². The van der Waals surface area contributed by atoms with Gasteiger partial charge in [-0.15, -0.1) is 11.5 Å². The number of fused-ring (bicyclic) bond motifs is 1. The molecule has 6 nitrogen and oxygen atoms in total. The number of terminal acetylenes is 1. The van der Waals surface area contributed by atoms with E-state index >= 15 is 0 Å². The van der Waals surface area contributed by atoms with Gasteiger partial charge in [-0.05, 0) is 91.2 Å². The standard InChI is InChI=1S/C20H18FN5.C11H17N/c1-5-7-13(3)14-10-16(21)20-19(11-14)26(25-24-20)15-8-9-17(23-6-2)18(12-15)22-4;1-4-5-10-7-6-9(2)11(8-10)12-3/h1,6-12,22-23H,2H2,3-4H3;6-8,12H,4-5H2,1-3H3/b13-7+;. The number of halogens is 1. The average molecular weight is 511 g/mol. The van der Waals surface area contributed by atoms with E-state index in [2.05, 4.69) is 70.8 Å². The van der Waals surface area contributed by atoms with Crippen molar-refractivity contribution in [2.45, 2.75) is 33.6 Å². The van der Waals surface area contributed by atoms with Crippen LogP contribution < -0.4 is 16.0 Å². The zero-order valence-electron chi connectivity index (χ0n) is 22.7. The van der Waals surface area contributed by atoms with Crippen LogP contribution in [0.1, 0.15) is 37.0 Å². The summed E-state index contributed by atoms with van der Waals surface area (Å²) < 4.78 is 16.1. The molecule has 196 valence electrons. The maximum absolute atomic E-state index is 14.5. The van der Waals surface area contributed by atoms with Crippen LogP contribution in [0.25, 0.3) is 22.3 Å². The van der Waals surface area contributed by atoms with Crippen LogP contribution in [-0.4, -0.2) is 29.1 Å². The summed E-state index contributed by atoms with van der Waals surface area (Å²) in [5.74, 6) is 2.02. The van der Waals surface area contributed by atoms with Crippen LogP contribution in [0.5, 0.6) is 0 Å². The molecule has 0 bridgehead atoms. The fourth-order valence-electron chi connectivity index (χ4n) is 4.10. The Balaban J connectivity index is 0.000000279. The maximum Gasteiger partial charge on any atom is 0.153 e. The Labute approximate surface area is 224 Å². The second kappa shape index (κ2) is 13.1. The van der Waals surface area contributed by atoms with E-state index in [1.807, 2.05) is 45.3 Å². The van der Waals surface area contributed by atoms with Gasteiger partial charge >= 0.3 is 0 Å². The lowest BCUT2D eigenvalue weighted by Gasteiger charge is -2.11. The molecule has 0 saturated heterocycles. The highest BCUT2D eigenvalue weighted by molar-refractivity contribution is 5.83. The van der Waals surface area contributed by atoms with E-state index in [1.165, 1.54) is 35.7 Å². The molecule has 3 N–H and O–H groups in total. The Hall–Kier alpha value is -4.57. The average Bonchev–Trinajstić information content (AvgIpc) is 3.35. The lowest BCUT2D eigenvalue weighted by molar-refractivity contribution is 0.635. The fourth-order valence-corrected chi connectivity index (χ4v) is 4.10. The van der Waals surface area contributed by atoms with Crippen LogP contribution in [0.3, 0.4) is 0 Å². The van der Waals surface area contributed by atoms with Crippen LogP contribution in [0.2, 0.25) is 0 Å². The predicted molar refractivity (Wildman–Crippen MR) is 159 cm³/mol. The third kappa shape index (κ3) is 6.40. The summed E-state index contributed by atoms with van der Waals surface area (Å²) in [5, 5.41) is 17.5. The van der Waals surface area contributed by atoms with Crippen LogP contribution in [-0.2, 0) is 6.42 Å². The number of anilines is 3. The molecule has 0 saturated carbocycles. The van der Waals surface area contributed by atoms with Gasteiger partial charge in [-0.25, -0.2) is 9.07 Å². The molecule has 0 unspecified atom stereocenters. The number of allylic oxidation sites excluding steroid dienone is 2. The van der Waals surface area contributed by atoms with Gasteiger partial charge in [0.2, 0.25) is 0 Å². The molecule has 38 heavy (non-hydrogen) atoms. The highest BCUT2D eigenvalue weighted by Gasteiger charge is 2.14. The summed E-state index contributed by atoms with van der Waals surface area (Å²) >= 11 is 0. The molecule has 4 rings (SSSR count). The first-order valence-electron chi connectivity index (χ1n) is 12.5. The zero-order chi connectivity index (χ0) is 27.7. The molecule has 7 heteroatoms. The number of nitrogens with one attached hydrogen (secondary N) is 3. The lowest BCUT2D eigenvalue weighted by atomic mass is 10.1. The molecule has 0 radical (unpaired) electrons. The van der Waals surface area contributed by atoms with Crippen molar-refractivity contribution in [3.63, 3.8) is 0 Å². The number of nitrogens with zero attached hydrogens (tertiary/aromatic N) is 3. The van der Waals surface area contributed by atoms with Crippen molar-refractivity contribution in [1.29, 1.82) is 0 Å². The smallest absolute Gasteiger partial charge is 0.153 e. The van der Waals surface area contributed by atoms with Crippen LogP contribution >= 0.6 is 0 Å². The van der Waals surface area contributed by atoms with Gasteiger partial charge in [-0.3, -0.25) is 0 Å². The number of aromatic nitrogens is 3. The predicted octanol–water partition coefficient (Wildman–Crippen LogP) is 7.18. The van der Waals surface area contributed by atoms with Gasteiger partial charge in [-0.1, -0.05) is 43.2 Å². The molecule has 4 aromatic rings. The number of rotatable bonds is 8. The molecule has 0 spiro atoms. The monoisotopic (exact) mass is 510 g/mol. The highest BCUT2D eigenvalue weighted by Crippen LogP contribution is 2.28. The quantitative estimate of drug-likeness (QED) is 0.219. The van der Waals surface area contributed by atoms with Gasteiger partial charge < -0.3 is 16.0 Å². The first kappa shape index (κ1) is 28.0. The van der Waals surface area contributed by atoms with Crippen molar-refractivity contribution in [2.24, 2.45) is 0 Å². The Morgan fingerprint density at radius 1 is 1.08 bits per heavy atom. The van der Waals surface area contributed by atoms with E-state index in [9.17, 15) is 4.39 Å². The molecule has 0 fully saturated rings. The van der Waals surface area contributed by atoms with Crippen molar-refractivity contribution in [1.82, 2.24) is 15.0 Å². The first-order chi connectivity index (χ1) is 18.4. The molecule has 0 aliphatic rings. The van der Waals surface area contributed by atoms with Gasteiger partial charge in [0, 0.05) is 19.8 Å². The van der Waals surface area contributed by atoms with Crippen molar-refractivity contribution in [3.05, 3.63) is 89.9 Å². The summed E-state index contributed by atoms with van der Waals surface area (Å²) in [5.41, 5.74) is 8.73. The topological polar surface area (TPSA) is 66.8 Å². The van der Waals surface area contributed by atoms with Crippen LogP contribution in [0, 0.1) is 25.1 Å². The molecule has 0 atom stereocenters. The van der Waals surface area contributed by atoms with E-state index in [1.54, 1.807) is 17.0 Å². The zero-order valence-corrected chi connectivity index (χ0v) is 22.7. The van der Waals surface area contributed by atoms with Crippen molar-refractivity contribution < 1.29 is 4.39 Å². The Morgan fingerprint density at radius 3 is 2.50 bits per heavy atom.